The Hall–Kier alpha value is 0.926. The number of aliphatic carboxylic acids is 1. The SMILES string of the molecule is CC(=O)NC(CS)C(=O)O.[H-].[K+]. The molecule has 60 valence electrons. The summed E-state index contributed by atoms with van der Waals surface area (Å²) >= 11 is 3.73. The van der Waals surface area contributed by atoms with Crippen LogP contribution in [-0.2, 0) is 9.59 Å². The molecule has 1 unspecified atom stereocenters. The summed E-state index contributed by atoms with van der Waals surface area (Å²) in [5.41, 5.74) is 0. The van der Waals surface area contributed by atoms with E-state index in [1.54, 1.807) is 0 Å². The van der Waals surface area contributed by atoms with Crippen molar-refractivity contribution in [3.05, 3.63) is 0 Å². The van der Waals surface area contributed by atoms with Gasteiger partial charge < -0.3 is 11.8 Å². The van der Waals surface area contributed by atoms with Crippen LogP contribution in [0.4, 0.5) is 0 Å². The molecule has 0 aliphatic rings. The smallest absolute Gasteiger partial charge is 1.00 e. The van der Waals surface area contributed by atoms with Gasteiger partial charge >= 0.3 is 57.4 Å². The van der Waals surface area contributed by atoms with Gasteiger partial charge in [0.2, 0.25) is 5.91 Å². The van der Waals surface area contributed by atoms with Crippen molar-refractivity contribution in [1.82, 2.24) is 5.32 Å². The first-order valence-electron chi connectivity index (χ1n) is 2.68. The predicted octanol–water partition coefficient (Wildman–Crippen LogP) is -3.38. The van der Waals surface area contributed by atoms with Gasteiger partial charge in [-0.1, -0.05) is 0 Å². The van der Waals surface area contributed by atoms with E-state index in [9.17, 15) is 9.59 Å². The molecule has 1 atom stereocenters. The molecule has 0 saturated heterocycles. The van der Waals surface area contributed by atoms with Crippen molar-refractivity contribution >= 4 is 24.5 Å². The minimum absolute atomic E-state index is 0. The minimum Gasteiger partial charge on any atom is -1.00 e. The molecule has 0 saturated carbocycles. The van der Waals surface area contributed by atoms with Gasteiger partial charge in [-0.05, 0) is 0 Å². The van der Waals surface area contributed by atoms with Crippen molar-refractivity contribution in [2.75, 3.05) is 5.75 Å². The van der Waals surface area contributed by atoms with Crippen LogP contribution in [0.5, 0.6) is 0 Å². The summed E-state index contributed by atoms with van der Waals surface area (Å²) in [6.45, 7) is 1.26. The Kier molecular flexibility index (Phi) is 9.94. The minimum atomic E-state index is -1.06. The van der Waals surface area contributed by atoms with Crippen LogP contribution in [0, 0.1) is 0 Å². The number of nitrogens with one attached hydrogen (secondary N) is 1. The summed E-state index contributed by atoms with van der Waals surface area (Å²) in [4.78, 5) is 20.5. The maximum absolute atomic E-state index is 10.3. The van der Waals surface area contributed by atoms with E-state index in [2.05, 4.69) is 17.9 Å². The molecule has 0 spiro atoms. The predicted molar refractivity (Wildman–Crippen MR) is 40.2 cm³/mol. The fraction of sp³-hybridized carbons (Fsp3) is 0.600. The third-order valence-electron chi connectivity index (χ3n) is 0.858. The molecule has 0 aromatic rings. The molecule has 6 heteroatoms. The van der Waals surface area contributed by atoms with Gasteiger partial charge in [0.25, 0.3) is 0 Å². The fourth-order valence-electron chi connectivity index (χ4n) is 0.431. The number of hydrogen-bond acceptors (Lipinski definition) is 3. The molecule has 0 fully saturated rings. The van der Waals surface area contributed by atoms with E-state index in [0.717, 1.165) is 0 Å². The van der Waals surface area contributed by atoms with Gasteiger partial charge in [0.15, 0.2) is 0 Å². The average Bonchev–Trinajstić information content (AvgIpc) is 1.81. The Bertz CT molecular complexity index is 158. The first-order valence-corrected chi connectivity index (χ1v) is 3.32. The third kappa shape index (κ3) is 7.29. The van der Waals surface area contributed by atoms with E-state index in [1.807, 2.05) is 0 Å². The van der Waals surface area contributed by atoms with E-state index >= 15 is 0 Å². The molecule has 0 rings (SSSR count). The normalized spacial score (nSPS) is 11.1. The Balaban J connectivity index is -0.000000405. The van der Waals surface area contributed by atoms with E-state index in [-0.39, 0.29) is 64.5 Å². The molecule has 4 nitrogen and oxygen atoms in total. The molecule has 0 aliphatic heterocycles. The van der Waals surface area contributed by atoms with Crippen molar-refractivity contribution < 1.29 is 67.5 Å². The molecular formula is C5H10KNO3S. The summed E-state index contributed by atoms with van der Waals surface area (Å²) in [7, 11) is 0. The number of thiol groups is 1. The van der Waals surface area contributed by atoms with Crippen LogP contribution in [0.15, 0.2) is 0 Å². The van der Waals surface area contributed by atoms with Crippen molar-refractivity contribution in [1.29, 1.82) is 0 Å². The van der Waals surface area contributed by atoms with Crippen molar-refractivity contribution in [2.45, 2.75) is 13.0 Å². The molecule has 2 N–H and O–H groups in total. The van der Waals surface area contributed by atoms with Gasteiger partial charge in [-0.15, -0.1) is 0 Å². The Morgan fingerprint density at radius 1 is 1.73 bits per heavy atom. The van der Waals surface area contributed by atoms with Gasteiger partial charge in [0.05, 0.1) is 0 Å². The molecule has 0 aromatic heterocycles. The van der Waals surface area contributed by atoms with Gasteiger partial charge in [-0.25, -0.2) is 4.79 Å². The van der Waals surface area contributed by atoms with Crippen molar-refractivity contribution in [3.8, 4) is 0 Å². The fourth-order valence-corrected chi connectivity index (χ4v) is 0.678. The number of carboxylic acids is 1. The van der Waals surface area contributed by atoms with Crippen LogP contribution in [0.1, 0.15) is 8.35 Å². The number of carbonyl (C=O) groups excluding carboxylic acids is 1. The molecule has 11 heavy (non-hydrogen) atoms. The number of carboxylic acid groups (broad SMARTS) is 1. The van der Waals surface area contributed by atoms with Gasteiger partial charge in [0.1, 0.15) is 6.04 Å². The molecule has 0 heterocycles. The summed E-state index contributed by atoms with van der Waals surface area (Å²) in [5.74, 6) is -1.32. The van der Waals surface area contributed by atoms with E-state index in [0.29, 0.717) is 0 Å². The molecule has 0 bridgehead atoms. The summed E-state index contributed by atoms with van der Waals surface area (Å²) in [5, 5.41) is 10.6. The first-order chi connectivity index (χ1) is 4.57. The third-order valence-corrected chi connectivity index (χ3v) is 1.22. The van der Waals surface area contributed by atoms with Crippen molar-refractivity contribution in [2.24, 2.45) is 0 Å². The van der Waals surface area contributed by atoms with Gasteiger partial charge in [0, 0.05) is 12.7 Å². The maximum atomic E-state index is 10.3. The van der Waals surface area contributed by atoms with Crippen LogP contribution in [-0.4, -0.2) is 28.8 Å². The monoisotopic (exact) mass is 203 g/mol. The van der Waals surface area contributed by atoms with E-state index in [4.69, 9.17) is 5.11 Å². The second kappa shape index (κ2) is 7.57. The molecular weight excluding hydrogens is 193 g/mol. The van der Waals surface area contributed by atoms with Crippen LogP contribution < -0.4 is 56.7 Å². The van der Waals surface area contributed by atoms with Crippen LogP contribution >= 0.6 is 12.6 Å². The van der Waals surface area contributed by atoms with Gasteiger partial charge in [-0.2, -0.15) is 12.6 Å². The Morgan fingerprint density at radius 2 is 2.18 bits per heavy atom. The summed E-state index contributed by atoms with van der Waals surface area (Å²) in [6.07, 6.45) is 0. The Morgan fingerprint density at radius 3 is 2.27 bits per heavy atom. The van der Waals surface area contributed by atoms with E-state index < -0.39 is 12.0 Å². The van der Waals surface area contributed by atoms with Crippen molar-refractivity contribution in [3.63, 3.8) is 0 Å². The molecule has 0 radical (unpaired) electrons. The largest absolute Gasteiger partial charge is 1.00 e. The first kappa shape index (κ1) is 14.5. The average molecular weight is 203 g/mol. The topological polar surface area (TPSA) is 66.4 Å². The second-order valence-electron chi connectivity index (χ2n) is 1.77. The van der Waals surface area contributed by atoms with Crippen LogP contribution in [0.2, 0.25) is 0 Å². The van der Waals surface area contributed by atoms with E-state index in [1.165, 1.54) is 6.92 Å². The number of amides is 1. The van der Waals surface area contributed by atoms with Crippen LogP contribution in [0.25, 0.3) is 0 Å². The number of carbonyl (C=O) groups is 2. The quantitative estimate of drug-likeness (QED) is 0.331. The van der Waals surface area contributed by atoms with Crippen LogP contribution in [0.3, 0.4) is 0 Å². The molecule has 0 aromatic carbocycles. The summed E-state index contributed by atoms with van der Waals surface area (Å²) in [6, 6.07) is -0.874. The maximum Gasteiger partial charge on any atom is 1.00 e. The zero-order valence-corrected chi connectivity index (χ0v) is 10.5. The molecule has 0 aliphatic carbocycles. The molecule has 1 amide bonds. The number of hydrogen-bond donors (Lipinski definition) is 3. The number of rotatable bonds is 3. The summed E-state index contributed by atoms with van der Waals surface area (Å²) < 4.78 is 0. The zero-order chi connectivity index (χ0) is 8.15. The standard InChI is InChI=1S/C5H9NO3S.K.H/c1-3(7)6-4(2-10)5(8)9;;/h4,10H,2H2,1H3,(H,6,7)(H,8,9);;/q;+1;-1. The Labute approximate surface area is 114 Å². The zero-order valence-electron chi connectivity index (χ0n) is 7.50. The van der Waals surface area contributed by atoms with Gasteiger partial charge in [-0.3, -0.25) is 4.79 Å². The second-order valence-corrected chi connectivity index (χ2v) is 2.14.